The van der Waals surface area contributed by atoms with Gasteiger partial charge in [-0.2, -0.15) is 0 Å². The van der Waals surface area contributed by atoms with Gasteiger partial charge in [0.1, 0.15) is 22.2 Å². The second kappa shape index (κ2) is 9.09. The van der Waals surface area contributed by atoms with Crippen molar-refractivity contribution in [2.45, 2.75) is 45.6 Å². The van der Waals surface area contributed by atoms with Gasteiger partial charge >= 0.3 is 0 Å². The van der Waals surface area contributed by atoms with Crippen LogP contribution in [0.4, 0.5) is 0 Å². The van der Waals surface area contributed by atoms with E-state index in [2.05, 4.69) is 5.32 Å². The highest BCUT2D eigenvalue weighted by molar-refractivity contribution is 7.20. The van der Waals surface area contributed by atoms with E-state index in [1.54, 1.807) is 18.8 Å². The van der Waals surface area contributed by atoms with E-state index < -0.39 is 0 Å². The summed E-state index contributed by atoms with van der Waals surface area (Å²) in [5, 5.41) is 3.56. The van der Waals surface area contributed by atoms with Crippen LogP contribution < -0.4 is 20.3 Å². The van der Waals surface area contributed by atoms with E-state index in [9.17, 15) is 9.59 Å². The molecule has 0 fully saturated rings. The number of ether oxygens (including phenoxy) is 2. The predicted molar refractivity (Wildman–Crippen MR) is 122 cm³/mol. The van der Waals surface area contributed by atoms with Crippen molar-refractivity contribution < 1.29 is 14.3 Å². The molecule has 1 amide bonds. The molecule has 1 N–H and O–H groups in total. The van der Waals surface area contributed by atoms with E-state index in [0.29, 0.717) is 34.6 Å². The van der Waals surface area contributed by atoms with Gasteiger partial charge in [-0.05, 0) is 43.4 Å². The monoisotopic (exact) mass is 441 g/mol. The number of hydrogen-bond acceptors (Lipinski definition) is 6. The van der Waals surface area contributed by atoms with Gasteiger partial charge in [0, 0.05) is 25.6 Å². The highest BCUT2D eigenvalue weighted by atomic mass is 32.1. The molecule has 31 heavy (non-hydrogen) atoms. The lowest BCUT2D eigenvalue weighted by Gasteiger charge is -2.11. The summed E-state index contributed by atoms with van der Waals surface area (Å²) in [6.45, 7) is 3.00. The average Bonchev–Trinajstić information content (AvgIpc) is 2.95. The van der Waals surface area contributed by atoms with Crippen LogP contribution in [0.15, 0.2) is 23.0 Å². The molecule has 3 heterocycles. The summed E-state index contributed by atoms with van der Waals surface area (Å²) in [7, 11) is 3.23. The van der Waals surface area contributed by atoms with Gasteiger partial charge in [-0.1, -0.05) is 12.5 Å². The van der Waals surface area contributed by atoms with Gasteiger partial charge in [0.25, 0.3) is 11.5 Å². The molecule has 4 rings (SSSR count). The number of hydrogen-bond donors (Lipinski definition) is 1. The number of aryl methyl sites for hydroxylation is 2. The number of carbonyl (C=O) groups excluding carboxylic acids is 1. The molecule has 0 saturated heterocycles. The number of nitrogens with one attached hydrogen (secondary N) is 1. The Hall–Kier alpha value is -2.87. The Morgan fingerprint density at radius 3 is 2.84 bits per heavy atom. The molecule has 164 valence electrons. The van der Waals surface area contributed by atoms with Gasteiger partial charge in [0.2, 0.25) is 0 Å². The Morgan fingerprint density at radius 1 is 1.23 bits per heavy atom. The van der Waals surface area contributed by atoms with Crippen LogP contribution >= 0.6 is 11.3 Å². The fourth-order valence-corrected chi connectivity index (χ4v) is 5.18. The quantitative estimate of drug-likeness (QED) is 0.633. The van der Waals surface area contributed by atoms with E-state index in [1.807, 2.05) is 25.1 Å². The number of rotatable bonds is 6. The van der Waals surface area contributed by atoms with Crippen molar-refractivity contribution in [2.24, 2.45) is 0 Å². The minimum atomic E-state index is -0.174. The standard InChI is InChI=1S/C23H27N3O4S/c1-14-19-22(25-18-7-5-4-6-12-26(18)23(19)28)31-20(14)21(27)24-11-10-15-8-9-16(29-2)13-17(15)30-3/h8-9,13H,4-7,10-12H2,1-3H3,(H,24,27). The van der Waals surface area contributed by atoms with E-state index in [4.69, 9.17) is 14.5 Å². The van der Waals surface area contributed by atoms with Gasteiger partial charge in [-0.25, -0.2) is 4.98 Å². The first kappa shape index (κ1) is 21.4. The highest BCUT2D eigenvalue weighted by Crippen LogP contribution is 2.29. The van der Waals surface area contributed by atoms with Crippen molar-refractivity contribution in [1.82, 2.24) is 14.9 Å². The molecule has 3 aromatic rings. The Balaban J connectivity index is 1.53. The summed E-state index contributed by atoms with van der Waals surface area (Å²) < 4.78 is 12.4. The minimum absolute atomic E-state index is 0.0160. The van der Waals surface area contributed by atoms with Crippen molar-refractivity contribution >= 4 is 27.5 Å². The maximum atomic E-state index is 13.1. The number of nitrogens with zero attached hydrogens (tertiary/aromatic N) is 2. The second-order valence-corrected chi connectivity index (χ2v) is 8.71. The number of fused-ring (bicyclic) bond motifs is 2. The van der Waals surface area contributed by atoms with Crippen molar-refractivity contribution in [3.05, 3.63) is 50.4 Å². The Kier molecular flexibility index (Phi) is 6.27. The fraction of sp³-hybridized carbons (Fsp3) is 0.435. The third kappa shape index (κ3) is 4.17. The molecular formula is C23H27N3O4S. The molecule has 7 nitrogen and oxygen atoms in total. The minimum Gasteiger partial charge on any atom is -0.497 e. The van der Waals surface area contributed by atoms with Crippen LogP contribution in [0.5, 0.6) is 11.5 Å². The smallest absolute Gasteiger partial charge is 0.262 e. The van der Waals surface area contributed by atoms with Crippen molar-refractivity contribution in [3.63, 3.8) is 0 Å². The summed E-state index contributed by atoms with van der Waals surface area (Å²) in [5.41, 5.74) is 1.69. The number of methoxy groups -OCH3 is 2. The van der Waals surface area contributed by atoms with Crippen LogP contribution in [0.1, 0.15) is 45.9 Å². The largest absolute Gasteiger partial charge is 0.497 e. The summed E-state index contributed by atoms with van der Waals surface area (Å²) in [6.07, 6.45) is 4.59. The fourth-order valence-electron chi connectivity index (χ4n) is 4.08. The highest BCUT2D eigenvalue weighted by Gasteiger charge is 2.22. The summed E-state index contributed by atoms with van der Waals surface area (Å²) in [4.78, 5) is 31.9. The normalized spacial score (nSPS) is 13.5. The van der Waals surface area contributed by atoms with Gasteiger partial charge in [-0.3, -0.25) is 14.2 Å². The molecule has 0 bridgehead atoms. The van der Waals surface area contributed by atoms with Crippen molar-refractivity contribution in [2.75, 3.05) is 20.8 Å². The number of thiophene rings is 1. The summed E-state index contributed by atoms with van der Waals surface area (Å²) >= 11 is 1.31. The van der Waals surface area contributed by atoms with Gasteiger partial charge in [-0.15, -0.1) is 11.3 Å². The third-order valence-corrected chi connectivity index (χ3v) is 6.98. The Morgan fingerprint density at radius 2 is 2.06 bits per heavy atom. The molecule has 2 aromatic heterocycles. The Bertz CT molecular complexity index is 1180. The van der Waals surface area contributed by atoms with Crippen LogP contribution in [0.25, 0.3) is 10.2 Å². The van der Waals surface area contributed by atoms with Crippen LogP contribution in [-0.2, 0) is 19.4 Å². The number of aromatic nitrogens is 2. The molecule has 1 aliphatic rings. The van der Waals surface area contributed by atoms with Gasteiger partial charge in [0.05, 0.1) is 24.5 Å². The zero-order valence-electron chi connectivity index (χ0n) is 18.1. The predicted octanol–water partition coefficient (Wildman–Crippen LogP) is 3.48. The van der Waals surface area contributed by atoms with E-state index in [1.165, 1.54) is 11.3 Å². The number of amides is 1. The second-order valence-electron chi connectivity index (χ2n) is 7.72. The molecule has 0 radical (unpaired) electrons. The maximum absolute atomic E-state index is 13.1. The molecule has 0 spiro atoms. The molecule has 0 unspecified atom stereocenters. The number of benzene rings is 1. The van der Waals surface area contributed by atoms with Crippen molar-refractivity contribution in [3.8, 4) is 11.5 Å². The molecule has 0 aliphatic carbocycles. The molecule has 8 heteroatoms. The van der Waals surface area contributed by atoms with E-state index >= 15 is 0 Å². The topological polar surface area (TPSA) is 82.5 Å². The van der Waals surface area contributed by atoms with Crippen LogP contribution in [0, 0.1) is 6.92 Å². The van der Waals surface area contributed by atoms with Crippen LogP contribution in [0.3, 0.4) is 0 Å². The van der Waals surface area contributed by atoms with Crippen LogP contribution in [-0.4, -0.2) is 36.2 Å². The molecule has 1 aromatic carbocycles. The first-order chi connectivity index (χ1) is 15.0. The van der Waals surface area contributed by atoms with Gasteiger partial charge < -0.3 is 14.8 Å². The lowest BCUT2D eigenvalue weighted by atomic mass is 10.1. The van der Waals surface area contributed by atoms with Gasteiger partial charge in [0.15, 0.2) is 0 Å². The first-order valence-corrected chi connectivity index (χ1v) is 11.4. The Labute approximate surface area is 185 Å². The summed E-state index contributed by atoms with van der Waals surface area (Å²) in [5.74, 6) is 2.12. The average molecular weight is 442 g/mol. The maximum Gasteiger partial charge on any atom is 0.262 e. The van der Waals surface area contributed by atoms with Crippen molar-refractivity contribution in [1.29, 1.82) is 0 Å². The lowest BCUT2D eigenvalue weighted by molar-refractivity contribution is 0.0957. The number of carbonyl (C=O) groups is 1. The zero-order chi connectivity index (χ0) is 22.0. The lowest BCUT2D eigenvalue weighted by Crippen LogP contribution is -2.26. The van der Waals surface area contributed by atoms with E-state index in [-0.39, 0.29) is 11.5 Å². The molecule has 0 atom stereocenters. The molecule has 0 saturated carbocycles. The van der Waals surface area contributed by atoms with Crippen LogP contribution in [0.2, 0.25) is 0 Å². The zero-order valence-corrected chi connectivity index (χ0v) is 18.9. The first-order valence-electron chi connectivity index (χ1n) is 10.6. The SMILES string of the molecule is COc1ccc(CCNC(=O)c2sc3nc4n(c(=O)c3c2C)CCCCC4)c(OC)c1. The van der Waals surface area contributed by atoms with E-state index in [0.717, 1.165) is 54.1 Å². The molecular weight excluding hydrogens is 414 g/mol. The summed E-state index contributed by atoms with van der Waals surface area (Å²) in [6, 6.07) is 5.64. The molecule has 1 aliphatic heterocycles. The third-order valence-electron chi connectivity index (χ3n) is 5.79.